The Kier molecular flexibility index (Phi) is 7.19. The summed E-state index contributed by atoms with van der Waals surface area (Å²) in [6.07, 6.45) is -2.83. The maximum Gasteiger partial charge on any atom is 0.492 e. The van der Waals surface area contributed by atoms with Crippen molar-refractivity contribution < 1.29 is 32.0 Å². The zero-order valence-corrected chi connectivity index (χ0v) is 18.9. The number of amides is 1. The Balaban J connectivity index is 1.74. The highest BCUT2D eigenvalue weighted by atomic mass is 19.4. The first kappa shape index (κ1) is 24.8. The molecule has 176 valence electrons. The van der Waals surface area contributed by atoms with Gasteiger partial charge >= 0.3 is 19.4 Å². The van der Waals surface area contributed by atoms with Gasteiger partial charge < -0.3 is 19.4 Å². The number of nitrogens with zero attached hydrogens (tertiary/aromatic N) is 1. The second-order valence-corrected chi connectivity index (χ2v) is 8.69. The summed E-state index contributed by atoms with van der Waals surface area (Å²) in [6.45, 7) is 7.60. The summed E-state index contributed by atoms with van der Waals surface area (Å²) >= 11 is 0. The van der Waals surface area contributed by atoms with Gasteiger partial charge in [-0.2, -0.15) is 13.2 Å². The number of nitrogens with one attached hydrogen (secondary N) is 1. The third-order valence-corrected chi connectivity index (χ3v) is 5.65. The Bertz CT molecular complexity index is 977. The number of hydrogen-bond donors (Lipinski definition) is 1. The fourth-order valence-corrected chi connectivity index (χ4v) is 2.99. The van der Waals surface area contributed by atoms with Gasteiger partial charge in [0.05, 0.1) is 22.5 Å². The molecule has 0 saturated carbocycles. The van der Waals surface area contributed by atoms with Crippen LogP contribution in [-0.4, -0.2) is 35.9 Å². The Morgan fingerprint density at radius 3 is 2.27 bits per heavy atom. The largest absolute Gasteiger partial charge is 0.492 e. The molecule has 0 atom stereocenters. The standard InChI is InChI=1S/C23H26BF3N2O4/c1-21(2)22(3,4)33-24(32-21)18(12-19-11-10-17(13-28-19)23(25,26)27)14-29-20(30)31-15-16-8-6-5-7-9-16/h5-13H,14-15H2,1-4H3,(H,29,30). The molecular weight excluding hydrogens is 436 g/mol. The normalized spacial score (nSPS) is 17.7. The number of aromatic nitrogens is 1. The van der Waals surface area contributed by atoms with Gasteiger partial charge in [0.2, 0.25) is 0 Å². The van der Waals surface area contributed by atoms with Gasteiger partial charge in [0.1, 0.15) is 6.61 Å². The fourth-order valence-electron chi connectivity index (χ4n) is 2.99. The molecule has 33 heavy (non-hydrogen) atoms. The Hall–Kier alpha value is -2.85. The van der Waals surface area contributed by atoms with E-state index in [1.54, 1.807) is 6.08 Å². The number of benzene rings is 1. The van der Waals surface area contributed by atoms with E-state index in [9.17, 15) is 18.0 Å². The van der Waals surface area contributed by atoms with Gasteiger partial charge in [-0.25, -0.2) is 4.79 Å². The van der Waals surface area contributed by atoms with Crippen LogP contribution in [0.15, 0.2) is 54.1 Å². The van der Waals surface area contributed by atoms with E-state index in [1.807, 2.05) is 58.0 Å². The molecule has 3 rings (SSSR count). The molecule has 0 aliphatic carbocycles. The maximum absolute atomic E-state index is 12.8. The number of halogens is 3. The summed E-state index contributed by atoms with van der Waals surface area (Å²) in [5, 5.41) is 2.64. The van der Waals surface area contributed by atoms with E-state index in [-0.39, 0.29) is 18.8 Å². The van der Waals surface area contributed by atoms with Crippen molar-refractivity contribution >= 4 is 19.3 Å². The van der Waals surface area contributed by atoms with Gasteiger partial charge in [0, 0.05) is 12.7 Å². The molecule has 1 aromatic heterocycles. The van der Waals surface area contributed by atoms with E-state index in [0.717, 1.165) is 17.8 Å². The number of carbonyl (C=O) groups is 1. The number of pyridine rings is 1. The van der Waals surface area contributed by atoms with Crippen molar-refractivity contribution in [2.75, 3.05) is 6.54 Å². The van der Waals surface area contributed by atoms with Crippen LogP contribution in [0.25, 0.3) is 6.08 Å². The van der Waals surface area contributed by atoms with Crippen LogP contribution in [0.5, 0.6) is 0 Å². The quantitative estimate of drug-likeness (QED) is 0.610. The number of carbonyl (C=O) groups excluding carboxylic acids is 1. The van der Waals surface area contributed by atoms with Crippen molar-refractivity contribution in [2.24, 2.45) is 0 Å². The van der Waals surface area contributed by atoms with Crippen molar-refractivity contribution in [1.29, 1.82) is 0 Å². The number of hydrogen-bond acceptors (Lipinski definition) is 5. The van der Waals surface area contributed by atoms with Crippen LogP contribution in [0.4, 0.5) is 18.0 Å². The molecule has 0 bridgehead atoms. The average molecular weight is 462 g/mol. The minimum absolute atomic E-state index is 0.00679. The van der Waals surface area contributed by atoms with Gasteiger partial charge in [0.25, 0.3) is 0 Å². The van der Waals surface area contributed by atoms with Crippen molar-refractivity contribution in [3.8, 4) is 0 Å². The van der Waals surface area contributed by atoms with E-state index in [2.05, 4.69) is 10.3 Å². The van der Waals surface area contributed by atoms with Crippen LogP contribution in [0.2, 0.25) is 0 Å². The number of rotatable bonds is 6. The summed E-state index contributed by atoms with van der Waals surface area (Å²) in [6, 6.07) is 11.4. The summed E-state index contributed by atoms with van der Waals surface area (Å²) in [4.78, 5) is 16.1. The van der Waals surface area contributed by atoms with Crippen molar-refractivity contribution in [2.45, 2.75) is 51.7 Å². The van der Waals surface area contributed by atoms with Crippen LogP contribution in [0.1, 0.15) is 44.5 Å². The molecule has 1 N–H and O–H groups in total. The van der Waals surface area contributed by atoms with Crippen LogP contribution in [0, 0.1) is 0 Å². The predicted octanol–water partition coefficient (Wildman–Crippen LogP) is 5.04. The molecule has 0 radical (unpaired) electrons. The molecule has 2 aromatic rings. The highest BCUT2D eigenvalue weighted by Crippen LogP contribution is 2.38. The fraction of sp³-hybridized carbons (Fsp3) is 0.391. The SMILES string of the molecule is CC1(C)OB(C(=Cc2ccc(C(F)(F)F)cn2)CNC(=O)OCc2ccccc2)OC1(C)C. The van der Waals surface area contributed by atoms with E-state index >= 15 is 0 Å². The molecule has 1 fully saturated rings. The second kappa shape index (κ2) is 9.57. The Morgan fingerprint density at radius 2 is 1.73 bits per heavy atom. The van der Waals surface area contributed by atoms with Gasteiger partial charge in [-0.3, -0.25) is 4.98 Å². The highest BCUT2D eigenvalue weighted by Gasteiger charge is 2.52. The minimum atomic E-state index is -4.48. The first-order chi connectivity index (χ1) is 15.4. The number of alkyl halides is 3. The Morgan fingerprint density at radius 1 is 1.09 bits per heavy atom. The monoisotopic (exact) mass is 462 g/mol. The summed E-state index contributed by atoms with van der Waals surface area (Å²) in [7, 11) is -0.825. The molecule has 0 unspecified atom stereocenters. The van der Waals surface area contributed by atoms with Crippen LogP contribution in [-0.2, 0) is 26.8 Å². The van der Waals surface area contributed by atoms with E-state index in [4.69, 9.17) is 14.0 Å². The molecule has 1 aliphatic rings. The third-order valence-electron chi connectivity index (χ3n) is 5.65. The zero-order chi connectivity index (χ0) is 24.3. The van der Waals surface area contributed by atoms with Gasteiger partial charge in [0.15, 0.2) is 0 Å². The molecule has 0 spiro atoms. The summed E-state index contributed by atoms with van der Waals surface area (Å²) < 4.78 is 55.9. The molecule has 6 nitrogen and oxygen atoms in total. The lowest BCUT2D eigenvalue weighted by Gasteiger charge is -2.32. The topological polar surface area (TPSA) is 69.7 Å². The first-order valence-electron chi connectivity index (χ1n) is 10.4. The maximum atomic E-state index is 12.8. The van der Waals surface area contributed by atoms with E-state index in [1.165, 1.54) is 6.07 Å². The molecule has 1 aliphatic heterocycles. The lowest BCUT2D eigenvalue weighted by Crippen LogP contribution is -2.41. The van der Waals surface area contributed by atoms with Crippen molar-refractivity contribution in [1.82, 2.24) is 10.3 Å². The molecule has 1 saturated heterocycles. The van der Waals surface area contributed by atoms with Gasteiger partial charge in [-0.1, -0.05) is 30.3 Å². The second-order valence-electron chi connectivity index (χ2n) is 8.69. The molecular formula is C23H26BF3N2O4. The predicted molar refractivity (Wildman–Crippen MR) is 118 cm³/mol. The smallest absolute Gasteiger partial charge is 0.445 e. The lowest BCUT2D eigenvalue weighted by molar-refractivity contribution is -0.137. The van der Waals surface area contributed by atoms with Gasteiger partial charge in [-0.05, 0) is 56.9 Å². The molecule has 10 heteroatoms. The average Bonchev–Trinajstić information content (AvgIpc) is 2.97. The number of ether oxygens (including phenoxy) is 1. The molecule has 1 amide bonds. The highest BCUT2D eigenvalue weighted by molar-refractivity contribution is 6.56. The lowest BCUT2D eigenvalue weighted by atomic mass is 9.77. The van der Waals surface area contributed by atoms with Gasteiger partial charge in [-0.15, -0.1) is 0 Å². The van der Waals surface area contributed by atoms with Crippen molar-refractivity contribution in [3.05, 3.63) is 71.0 Å². The van der Waals surface area contributed by atoms with Crippen LogP contribution in [0.3, 0.4) is 0 Å². The summed E-state index contributed by atoms with van der Waals surface area (Å²) in [5.41, 5.74) is -0.538. The van der Waals surface area contributed by atoms with E-state index in [0.29, 0.717) is 5.47 Å². The van der Waals surface area contributed by atoms with Crippen LogP contribution < -0.4 is 5.32 Å². The van der Waals surface area contributed by atoms with Crippen LogP contribution >= 0.6 is 0 Å². The zero-order valence-electron chi connectivity index (χ0n) is 18.9. The first-order valence-corrected chi connectivity index (χ1v) is 10.4. The van der Waals surface area contributed by atoms with E-state index < -0.39 is 36.2 Å². The third kappa shape index (κ3) is 6.36. The molecule has 2 heterocycles. The van der Waals surface area contributed by atoms with Crippen molar-refractivity contribution in [3.63, 3.8) is 0 Å². The molecule has 1 aromatic carbocycles. The Labute approximate surface area is 191 Å². The minimum Gasteiger partial charge on any atom is -0.445 e. The number of alkyl carbamates (subject to hydrolysis) is 1. The summed E-state index contributed by atoms with van der Waals surface area (Å²) in [5.74, 6) is 0.